The minimum atomic E-state index is -4.74. The lowest BCUT2D eigenvalue weighted by Crippen LogP contribution is -2.13. The molecular weight excluding hydrogens is 202 g/mol. The van der Waals surface area contributed by atoms with E-state index in [2.05, 4.69) is 10.7 Å². The molecule has 14 heavy (non-hydrogen) atoms. The minimum Gasteiger partial charge on any atom is -0.300 e. The first-order chi connectivity index (χ1) is 6.46. The largest absolute Gasteiger partial charge is 0.419 e. The van der Waals surface area contributed by atoms with Crippen LogP contribution in [0.3, 0.4) is 0 Å². The molecule has 0 radical (unpaired) electrons. The molecule has 0 aromatic heterocycles. The summed E-state index contributed by atoms with van der Waals surface area (Å²) in [5.41, 5.74) is -1.65. The number of nitrogens with two attached hydrogens (primary N) is 1. The molecule has 0 bridgehead atoms. The Hall–Kier alpha value is -1.14. The SMILES string of the molecule is NOCc1cccc(F)c1C(F)(F)F. The molecule has 0 heterocycles. The Morgan fingerprint density at radius 3 is 2.43 bits per heavy atom. The van der Waals surface area contributed by atoms with Gasteiger partial charge in [0.2, 0.25) is 0 Å². The zero-order valence-electron chi connectivity index (χ0n) is 6.94. The van der Waals surface area contributed by atoms with Gasteiger partial charge in [-0.2, -0.15) is 13.2 Å². The van der Waals surface area contributed by atoms with E-state index in [0.717, 1.165) is 12.1 Å². The van der Waals surface area contributed by atoms with Crippen molar-refractivity contribution in [1.82, 2.24) is 0 Å². The summed E-state index contributed by atoms with van der Waals surface area (Å²) in [7, 11) is 0. The molecule has 2 nitrogen and oxygen atoms in total. The molecule has 6 heteroatoms. The molecule has 0 fully saturated rings. The van der Waals surface area contributed by atoms with E-state index in [4.69, 9.17) is 0 Å². The summed E-state index contributed by atoms with van der Waals surface area (Å²) in [6, 6.07) is 3.01. The van der Waals surface area contributed by atoms with Crippen LogP contribution in [0.1, 0.15) is 11.1 Å². The van der Waals surface area contributed by atoms with Crippen molar-refractivity contribution < 1.29 is 22.4 Å². The summed E-state index contributed by atoms with van der Waals surface area (Å²) in [5, 5.41) is 0. The smallest absolute Gasteiger partial charge is 0.300 e. The first-order valence-corrected chi connectivity index (χ1v) is 3.63. The van der Waals surface area contributed by atoms with Gasteiger partial charge < -0.3 is 0 Å². The molecule has 0 spiro atoms. The Bertz CT molecular complexity index is 324. The lowest BCUT2D eigenvalue weighted by molar-refractivity contribution is -0.141. The van der Waals surface area contributed by atoms with Crippen molar-refractivity contribution in [2.24, 2.45) is 5.90 Å². The van der Waals surface area contributed by atoms with E-state index in [1.807, 2.05) is 0 Å². The summed E-state index contributed by atoms with van der Waals surface area (Å²) in [5.74, 6) is 3.31. The fraction of sp³-hybridized carbons (Fsp3) is 0.250. The topological polar surface area (TPSA) is 35.2 Å². The van der Waals surface area contributed by atoms with E-state index < -0.39 is 24.2 Å². The van der Waals surface area contributed by atoms with Gasteiger partial charge >= 0.3 is 6.18 Å². The predicted octanol–water partition coefficient (Wildman–Crippen LogP) is 2.23. The van der Waals surface area contributed by atoms with Crippen molar-refractivity contribution in [1.29, 1.82) is 0 Å². The third kappa shape index (κ3) is 2.21. The van der Waals surface area contributed by atoms with Crippen LogP contribution in [0.4, 0.5) is 17.6 Å². The first-order valence-electron chi connectivity index (χ1n) is 3.63. The van der Waals surface area contributed by atoms with Crippen LogP contribution >= 0.6 is 0 Å². The molecule has 0 amide bonds. The lowest BCUT2D eigenvalue weighted by atomic mass is 10.1. The maximum Gasteiger partial charge on any atom is 0.419 e. The predicted molar refractivity (Wildman–Crippen MR) is 40.4 cm³/mol. The number of hydrogen-bond donors (Lipinski definition) is 1. The van der Waals surface area contributed by atoms with Crippen molar-refractivity contribution in [2.75, 3.05) is 0 Å². The second-order valence-electron chi connectivity index (χ2n) is 2.58. The average molecular weight is 209 g/mol. The van der Waals surface area contributed by atoms with Crippen molar-refractivity contribution in [3.63, 3.8) is 0 Å². The Labute approximate surface area is 77.2 Å². The molecule has 0 aliphatic rings. The maximum atomic E-state index is 12.9. The highest BCUT2D eigenvalue weighted by molar-refractivity contribution is 5.30. The number of rotatable bonds is 2. The van der Waals surface area contributed by atoms with Gasteiger partial charge in [0, 0.05) is 0 Å². The monoisotopic (exact) mass is 209 g/mol. The zero-order valence-corrected chi connectivity index (χ0v) is 6.94. The summed E-state index contributed by atoms with van der Waals surface area (Å²) in [6.07, 6.45) is -4.74. The second-order valence-corrected chi connectivity index (χ2v) is 2.58. The Morgan fingerprint density at radius 2 is 1.93 bits per heavy atom. The quantitative estimate of drug-likeness (QED) is 0.598. The highest BCUT2D eigenvalue weighted by atomic mass is 19.4. The minimum absolute atomic E-state index is 0.319. The van der Waals surface area contributed by atoms with Crippen molar-refractivity contribution in [2.45, 2.75) is 12.8 Å². The van der Waals surface area contributed by atoms with Gasteiger partial charge in [-0.25, -0.2) is 10.3 Å². The molecule has 0 aliphatic carbocycles. The summed E-state index contributed by atoms with van der Waals surface area (Å²) in [4.78, 5) is 4.05. The number of benzene rings is 1. The highest BCUT2D eigenvalue weighted by Gasteiger charge is 2.36. The van der Waals surface area contributed by atoms with E-state index in [-0.39, 0.29) is 5.56 Å². The van der Waals surface area contributed by atoms with Gasteiger partial charge in [0.05, 0.1) is 12.2 Å². The number of alkyl halides is 3. The number of hydrogen-bond acceptors (Lipinski definition) is 2. The van der Waals surface area contributed by atoms with Crippen LogP contribution in [0.15, 0.2) is 18.2 Å². The van der Waals surface area contributed by atoms with E-state index in [9.17, 15) is 17.6 Å². The second kappa shape index (κ2) is 3.93. The molecule has 78 valence electrons. The van der Waals surface area contributed by atoms with E-state index >= 15 is 0 Å². The Kier molecular flexibility index (Phi) is 3.07. The molecule has 1 aromatic carbocycles. The van der Waals surface area contributed by atoms with Crippen molar-refractivity contribution >= 4 is 0 Å². The normalized spacial score (nSPS) is 11.8. The standard InChI is InChI=1S/C8H7F4NO/c9-6-3-1-2-5(4-14-13)7(6)8(10,11)12/h1-3H,4,13H2. The Morgan fingerprint density at radius 1 is 1.29 bits per heavy atom. The van der Waals surface area contributed by atoms with Gasteiger partial charge in [-0.3, -0.25) is 4.84 Å². The molecule has 0 aliphatic heterocycles. The summed E-state index contributed by atoms with van der Waals surface area (Å²) in [6.45, 7) is -0.480. The molecule has 1 rings (SSSR count). The summed E-state index contributed by atoms with van der Waals surface area (Å²) < 4.78 is 49.7. The van der Waals surface area contributed by atoms with E-state index in [1.54, 1.807) is 0 Å². The molecule has 0 atom stereocenters. The molecule has 0 saturated heterocycles. The van der Waals surface area contributed by atoms with Crippen LogP contribution in [0.5, 0.6) is 0 Å². The third-order valence-corrected chi connectivity index (χ3v) is 1.62. The van der Waals surface area contributed by atoms with Crippen LogP contribution in [-0.4, -0.2) is 0 Å². The van der Waals surface area contributed by atoms with Gasteiger partial charge in [-0.1, -0.05) is 12.1 Å². The molecular formula is C8H7F4NO. The van der Waals surface area contributed by atoms with Crippen molar-refractivity contribution in [3.05, 3.63) is 35.1 Å². The van der Waals surface area contributed by atoms with Gasteiger partial charge in [-0.05, 0) is 11.6 Å². The van der Waals surface area contributed by atoms with Crippen LogP contribution in [0, 0.1) is 5.82 Å². The van der Waals surface area contributed by atoms with Crippen LogP contribution in [0.25, 0.3) is 0 Å². The molecule has 1 aromatic rings. The zero-order chi connectivity index (χ0) is 10.8. The fourth-order valence-corrected chi connectivity index (χ4v) is 1.10. The van der Waals surface area contributed by atoms with Crippen LogP contribution in [0.2, 0.25) is 0 Å². The average Bonchev–Trinajstić information content (AvgIpc) is 2.02. The molecule has 0 saturated carbocycles. The van der Waals surface area contributed by atoms with Gasteiger partial charge in [-0.15, -0.1) is 0 Å². The van der Waals surface area contributed by atoms with Crippen molar-refractivity contribution in [3.8, 4) is 0 Å². The van der Waals surface area contributed by atoms with Gasteiger partial charge in [0.15, 0.2) is 0 Å². The highest BCUT2D eigenvalue weighted by Crippen LogP contribution is 2.34. The van der Waals surface area contributed by atoms with E-state index in [0.29, 0.717) is 0 Å². The molecule has 0 unspecified atom stereocenters. The van der Waals surface area contributed by atoms with Crippen LogP contribution < -0.4 is 5.90 Å². The lowest BCUT2D eigenvalue weighted by Gasteiger charge is -2.12. The fourth-order valence-electron chi connectivity index (χ4n) is 1.10. The third-order valence-electron chi connectivity index (χ3n) is 1.62. The molecule has 2 N–H and O–H groups in total. The van der Waals surface area contributed by atoms with Crippen LogP contribution in [-0.2, 0) is 17.6 Å². The van der Waals surface area contributed by atoms with E-state index in [1.165, 1.54) is 6.07 Å². The summed E-state index contributed by atoms with van der Waals surface area (Å²) >= 11 is 0. The van der Waals surface area contributed by atoms with Gasteiger partial charge in [0.25, 0.3) is 0 Å². The maximum absolute atomic E-state index is 12.9. The Balaban J connectivity index is 3.22. The first kappa shape index (κ1) is 10.9. The number of halogens is 4. The van der Waals surface area contributed by atoms with Gasteiger partial charge in [0.1, 0.15) is 5.82 Å².